The number of halogens is 1. The van der Waals surface area contributed by atoms with E-state index in [1.54, 1.807) is 31.3 Å². The molecule has 2 rings (SSSR count). The predicted octanol–water partition coefficient (Wildman–Crippen LogP) is 2.23. The molecule has 5 nitrogen and oxygen atoms in total. The van der Waals surface area contributed by atoms with Gasteiger partial charge in [0.2, 0.25) is 11.8 Å². The third-order valence-corrected chi connectivity index (χ3v) is 3.17. The first-order valence-corrected chi connectivity index (χ1v) is 6.48. The lowest BCUT2D eigenvalue weighted by Crippen LogP contribution is -2.19. The molecular weight excluding hydrogens is 274 g/mol. The Morgan fingerprint density at radius 2 is 2.11 bits per heavy atom. The van der Waals surface area contributed by atoms with E-state index in [9.17, 15) is 4.79 Å². The lowest BCUT2D eigenvalue weighted by molar-refractivity contribution is -0.118. The van der Waals surface area contributed by atoms with Crippen LogP contribution in [-0.2, 0) is 4.79 Å². The Balaban J connectivity index is 2.06. The lowest BCUT2D eigenvalue weighted by Gasteiger charge is -1.95. The van der Waals surface area contributed by atoms with Gasteiger partial charge in [-0.1, -0.05) is 23.4 Å². The van der Waals surface area contributed by atoms with Gasteiger partial charge in [0.25, 0.3) is 5.22 Å². The number of carbonyl (C=O) groups excluding carboxylic acids is 1. The summed E-state index contributed by atoms with van der Waals surface area (Å²) >= 11 is 6.98. The second-order valence-corrected chi connectivity index (χ2v) is 4.70. The number of nitrogens with zero attached hydrogens (tertiary/aromatic N) is 2. The molecule has 0 unspecified atom stereocenters. The highest BCUT2D eigenvalue weighted by Crippen LogP contribution is 2.24. The number of benzene rings is 1. The number of rotatable bonds is 4. The van der Waals surface area contributed by atoms with E-state index in [-0.39, 0.29) is 11.7 Å². The fraction of sp³-hybridized carbons (Fsp3) is 0.182. The van der Waals surface area contributed by atoms with Crippen LogP contribution in [0.15, 0.2) is 33.9 Å². The van der Waals surface area contributed by atoms with Gasteiger partial charge in [0.15, 0.2) is 0 Å². The summed E-state index contributed by atoms with van der Waals surface area (Å²) in [5, 5.41) is 11.3. The van der Waals surface area contributed by atoms with Crippen LogP contribution in [0, 0.1) is 0 Å². The fourth-order valence-electron chi connectivity index (χ4n) is 1.18. The molecule has 1 aromatic carbocycles. The molecule has 1 heterocycles. The molecule has 0 radical (unpaired) electrons. The average molecular weight is 284 g/mol. The highest BCUT2D eigenvalue weighted by Gasteiger charge is 2.10. The van der Waals surface area contributed by atoms with Crippen molar-refractivity contribution in [2.45, 2.75) is 5.22 Å². The zero-order chi connectivity index (χ0) is 13.0. The van der Waals surface area contributed by atoms with Crippen molar-refractivity contribution in [3.63, 3.8) is 0 Å². The van der Waals surface area contributed by atoms with E-state index >= 15 is 0 Å². The van der Waals surface area contributed by atoms with Gasteiger partial charge in [-0.25, -0.2) is 0 Å². The second-order valence-electron chi connectivity index (χ2n) is 3.34. The lowest BCUT2D eigenvalue weighted by atomic mass is 10.2. The molecule has 2 aromatic rings. The zero-order valence-corrected chi connectivity index (χ0v) is 11.1. The molecule has 1 N–H and O–H groups in total. The summed E-state index contributed by atoms with van der Waals surface area (Å²) in [7, 11) is 1.58. The van der Waals surface area contributed by atoms with Gasteiger partial charge in [0.05, 0.1) is 5.75 Å². The van der Waals surface area contributed by atoms with Gasteiger partial charge in [-0.05, 0) is 24.3 Å². The third kappa shape index (κ3) is 3.24. The summed E-state index contributed by atoms with van der Waals surface area (Å²) in [5.74, 6) is 0.566. The Hall–Kier alpha value is -1.53. The summed E-state index contributed by atoms with van der Waals surface area (Å²) in [6, 6.07) is 7.09. The maximum absolute atomic E-state index is 11.1. The summed E-state index contributed by atoms with van der Waals surface area (Å²) in [4.78, 5) is 11.1. The summed E-state index contributed by atoms with van der Waals surface area (Å²) < 4.78 is 5.42. The number of amides is 1. The van der Waals surface area contributed by atoms with Crippen LogP contribution >= 0.6 is 23.4 Å². The highest BCUT2D eigenvalue weighted by molar-refractivity contribution is 7.99. The molecule has 0 saturated carbocycles. The van der Waals surface area contributed by atoms with Crippen LogP contribution in [0.1, 0.15) is 0 Å². The summed E-state index contributed by atoms with van der Waals surface area (Å²) in [6.07, 6.45) is 0. The number of aromatic nitrogens is 2. The van der Waals surface area contributed by atoms with Gasteiger partial charge in [0, 0.05) is 17.6 Å². The molecule has 0 aliphatic heterocycles. The maximum Gasteiger partial charge on any atom is 0.277 e. The standard InChI is InChI=1S/C11H10ClN3O2S/c1-13-9(16)6-18-11-15-14-10(17-11)7-2-4-8(12)5-3-7/h2-5H,6H2,1H3,(H,13,16). The number of thioether (sulfide) groups is 1. The molecule has 0 saturated heterocycles. The minimum absolute atomic E-state index is 0.0914. The van der Waals surface area contributed by atoms with E-state index in [0.717, 1.165) is 5.56 Å². The van der Waals surface area contributed by atoms with Crippen molar-refractivity contribution in [2.24, 2.45) is 0 Å². The molecule has 0 atom stereocenters. The van der Waals surface area contributed by atoms with Gasteiger partial charge in [-0.2, -0.15) is 0 Å². The first-order valence-electron chi connectivity index (χ1n) is 5.12. The Morgan fingerprint density at radius 3 is 2.78 bits per heavy atom. The maximum atomic E-state index is 11.1. The first-order chi connectivity index (χ1) is 8.69. The van der Waals surface area contributed by atoms with Crippen LogP contribution in [0.25, 0.3) is 11.5 Å². The highest BCUT2D eigenvalue weighted by atomic mass is 35.5. The zero-order valence-electron chi connectivity index (χ0n) is 9.51. The van der Waals surface area contributed by atoms with Crippen LogP contribution < -0.4 is 5.32 Å². The normalized spacial score (nSPS) is 10.3. The van der Waals surface area contributed by atoms with Crippen molar-refractivity contribution in [1.82, 2.24) is 15.5 Å². The van der Waals surface area contributed by atoms with Crippen LogP contribution in [0.5, 0.6) is 0 Å². The van der Waals surface area contributed by atoms with Crippen LogP contribution in [0.3, 0.4) is 0 Å². The second kappa shape index (κ2) is 5.88. The Kier molecular flexibility index (Phi) is 4.22. The average Bonchev–Trinajstić information content (AvgIpc) is 2.85. The molecule has 7 heteroatoms. The number of nitrogens with one attached hydrogen (secondary N) is 1. The molecule has 0 fully saturated rings. The van der Waals surface area contributed by atoms with Crippen molar-refractivity contribution in [2.75, 3.05) is 12.8 Å². The van der Waals surface area contributed by atoms with E-state index in [2.05, 4.69) is 15.5 Å². The Labute approximate surface area is 113 Å². The molecular formula is C11H10ClN3O2S. The van der Waals surface area contributed by atoms with Crippen molar-refractivity contribution in [3.05, 3.63) is 29.3 Å². The molecule has 0 aliphatic carbocycles. The van der Waals surface area contributed by atoms with E-state index in [1.165, 1.54) is 11.8 Å². The van der Waals surface area contributed by atoms with Crippen molar-refractivity contribution < 1.29 is 9.21 Å². The largest absolute Gasteiger partial charge is 0.411 e. The van der Waals surface area contributed by atoms with Gasteiger partial charge >= 0.3 is 0 Å². The predicted molar refractivity (Wildman–Crippen MR) is 69.5 cm³/mol. The molecule has 1 amide bonds. The van der Waals surface area contributed by atoms with Gasteiger partial charge < -0.3 is 9.73 Å². The molecule has 18 heavy (non-hydrogen) atoms. The number of hydrogen-bond donors (Lipinski definition) is 1. The first kappa shape index (κ1) is 12.9. The van der Waals surface area contributed by atoms with E-state index in [0.29, 0.717) is 16.1 Å². The molecule has 0 bridgehead atoms. The fourth-order valence-corrected chi connectivity index (χ4v) is 1.94. The minimum atomic E-state index is -0.0914. The summed E-state index contributed by atoms with van der Waals surface area (Å²) in [6.45, 7) is 0. The number of carbonyl (C=O) groups is 1. The van der Waals surface area contributed by atoms with Crippen LogP contribution in [-0.4, -0.2) is 28.9 Å². The monoisotopic (exact) mass is 283 g/mol. The van der Waals surface area contributed by atoms with Crippen molar-refractivity contribution in [1.29, 1.82) is 0 Å². The van der Waals surface area contributed by atoms with Gasteiger partial charge in [0.1, 0.15) is 0 Å². The Morgan fingerprint density at radius 1 is 1.39 bits per heavy atom. The van der Waals surface area contributed by atoms with Gasteiger partial charge in [-0.15, -0.1) is 10.2 Å². The summed E-state index contributed by atoms with van der Waals surface area (Å²) in [5.41, 5.74) is 0.790. The quantitative estimate of drug-likeness (QED) is 0.872. The van der Waals surface area contributed by atoms with Crippen LogP contribution in [0.4, 0.5) is 0 Å². The topological polar surface area (TPSA) is 68.0 Å². The van der Waals surface area contributed by atoms with E-state index < -0.39 is 0 Å². The molecule has 1 aromatic heterocycles. The van der Waals surface area contributed by atoms with Gasteiger partial charge in [-0.3, -0.25) is 4.79 Å². The van der Waals surface area contributed by atoms with E-state index in [1.807, 2.05) is 0 Å². The third-order valence-electron chi connectivity index (χ3n) is 2.10. The smallest absolute Gasteiger partial charge is 0.277 e. The van der Waals surface area contributed by atoms with Crippen molar-refractivity contribution in [3.8, 4) is 11.5 Å². The SMILES string of the molecule is CNC(=O)CSc1nnc(-c2ccc(Cl)cc2)o1. The van der Waals surface area contributed by atoms with Crippen LogP contribution in [0.2, 0.25) is 5.02 Å². The Bertz CT molecular complexity index is 541. The minimum Gasteiger partial charge on any atom is -0.411 e. The number of hydrogen-bond acceptors (Lipinski definition) is 5. The molecule has 0 spiro atoms. The molecule has 94 valence electrons. The van der Waals surface area contributed by atoms with Crippen molar-refractivity contribution >= 4 is 29.3 Å². The van der Waals surface area contributed by atoms with E-state index in [4.69, 9.17) is 16.0 Å². The molecule has 0 aliphatic rings.